The van der Waals surface area contributed by atoms with Crippen LogP contribution in [0.3, 0.4) is 0 Å². The van der Waals surface area contributed by atoms with Gasteiger partial charge in [0.15, 0.2) is 0 Å². The molecular formula is C20H12N2O8. The number of aromatic nitrogens is 2. The third kappa shape index (κ3) is 4.62. The van der Waals surface area contributed by atoms with Crippen molar-refractivity contribution in [2.45, 2.75) is 0 Å². The van der Waals surface area contributed by atoms with Gasteiger partial charge in [-0.05, 0) is 36.4 Å². The number of carbonyl (C=O) groups is 4. The van der Waals surface area contributed by atoms with Crippen LogP contribution in [0, 0.1) is 0 Å². The van der Waals surface area contributed by atoms with E-state index in [1.54, 1.807) is 0 Å². The maximum Gasteiger partial charge on any atom is 0.354 e. The molecule has 3 rings (SSSR count). The molecule has 0 fully saturated rings. The molecular weight excluding hydrogens is 396 g/mol. The fraction of sp³-hybridized carbons (Fsp3) is 0. The zero-order valence-electron chi connectivity index (χ0n) is 15.0. The van der Waals surface area contributed by atoms with Gasteiger partial charge in [0.2, 0.25) is 0 Å². The summed E-state index contributed by atoms with van der Waals surface area (Å²) in [6.07, 6.45) is 2.13. The highest BCUT2D eigenvalue weighted by atomic mass is 16.5. The molecule has 1 aromatic carbocycles. The summed E-state index contributed by atoms with van der Waals surface area (Å²) in [6.45, 7) is 0. The molecule has 0 saturated heterocycles. The number of carboxylic acids is 2. The molecule has 0 atom stereocenters. The highest BCUT2D eigenvalue weighted by Gasteiger charge is 2.20. The zero-order valence-corrected chi connectivity index (χ0v) is 15.0. The van der Waals surface area contributed by atoms with Gasteiger partial charge in [-0.3, -0.25) is 0 Å². The number of hydrogen-bond donors (Lipinski definition) is 2. The van der Waals surface area contributed by atoms with E-state index in [1.807, 2.05) is 0 Å². The van der Waals surface area contributed by atoms with Gasteiger partial charge < -0.3 is 19.7 Å². The Morgan fingerprint density at radius 3 is 1.33 bits per heavy atom. The summed E-state index contributed by atoms with van der Waals surface area (Å²) < 4.78 is 10.3. The van der Waals surface area contributed by atoms with Gasteiger partial charge in [0.1, 0.15) is 22.9 Å². The minimum atomic E-state index is -1.23. The summed E-state index contributed by atoms with van der Waals surface area (Å²) in [5.41, 5.74) is -0.637. The maximum atomic E-state index is 12.5. The Balaban J connectivity index is 1.77. The van der Waals surface area contributed by atoms with Crippen molar-refractivity contribution in [1.82, 2.24) is 9.97 Å². The molecule has 0 radical (unpaired) electrons. The number of aromatic carboxylic acids is 2. The van der Waals surface area contributed by atoms with E-state index in [0.29, 0.717) is 0 Å². The first-order chi connectivity index (χ1) is 14.3. The van der Waals surface area contributed by atoms with E-state index >= 15 is 0 Å². The van der Waals surface area contributed by atoms with E-state index in [1.165, 1.54) is 48.5 Å². The summed E-state index contributed by atoms with van der Waals surface area (Å²) in [6, 6.07) is 10.6. The van der Waals surface area contributed by atoms with Crippen LogP contribution in [0.1, 0.15) is 41.7 Å². The SMILES string of the molecule is O=C(O)c1ccc(OC(=O)c2ccccc2C(=O)Oc2ccc(C(=O)O)nc2)cn1. The molecule has 0 amide bonds. The third-order valence-corrected chi connectivity index (χ3v) is 3.70. The zero-order chi connectivity index (χ0) is 21.7. The first-order valence-corrected chi connectivity index (χ1v) is 8.27. The Bertz CT molecular complexity index is 1030. The first kappa shape index (κ1) is 20.1. The molecule has 10 heteroatoms. The second-order valence-corrected chi connectivity index (χ2v) is 5.69. The molecule has 0 aliphatic rings. The molecule has 3 aromatic rings. The lowest BCUT2D eigenvalue weighted by Crippen LogP contribution is -2.17. The Morgan fingerprint density at radius 2 is 1.03 bits per heavy atom. The van der Waals surface area contributed by atoms with Crippen LogP contribution in [0.15, 0.2) is 60.9 Å². The van der Waals surface area contributed by atoms with Gasteiger partial charge >= 0.3 is 23.9 Å². The Morgan fingerprint density at radius 1 is 0.633 bits per heavy atom. The van der Waals surface area contributed by atoms with Crippen molar-refractivity contribution in [2.75, 3.05) is 0 Å². The molecule has 0 unspecified atom stereocenters. The summed E-state index contributed by atoms with van der Waals surface area (Å²) in [7, 11) is 0. The number of benzene rings is 1. The summed E-state index contributed by atoms with van der Waals surface area (Å²) in [4.78, 5) is 53.9. The predicted molar refractivity (Wildman–Crippen MR) is 98.8 cm³/mol. The van der Waals surface area contributed by atoms with Crippen LogP contribution < -0.4 is 9.47 Å². The molecule has 0 aliphatic heterocycles. The number of carbonyl (C=O) groups excluding carboxylic acids is 2. The van der Waals surface area contributed by atoms with Crippen molar-refractivity contribution < 1.29 is 38.9 Å². The van der Waals surface area contributed by atoms with E-state index in [4.69, 9.17) is 19.7 Å². The molecule has 2 aromatic heterocycles. The molecule has 30 heavy (non-hydrogen) atoms. The molecule has 0 spiro atoms. The number of nitrogens with zero attached hydrogens (tertiary/aromatic N) is 2. The topological polar surface area (TPSA) is 153 Å². The van der Waals surface area contributed by atoms with E-state index in [2.05, 4.69) is 9.97 Å². The Labute approximate surface area is 168 Å². The van der Waals surface area contributed by atoms with E-state index < -0.39 is 23.9 Å². The average Bonchev–Trinajstić information content (AvgIpc) is 2.74. The number of rotatable bonds is 6. The Hall–Kier alpha value is -4.60. The number of carboxylic acid groups (broad SMARTS) is 2. The fourth-order valence-corrected chi connectivity index (χ4v) is 2.30. The van der Waals surface area contributed by atoms with Crippen molar-refractivity contribution in [1.29, 1.82) is 0 Å². The number of hydrogen-bond acceptors (Lipinski definition) is 8. The molecule has 2 N–H and O–H groups in total. The summed E-state index contributed by atoms with van der Waals surface area (Å²) in [5.74, 6) is -4.25. The second kappa shape index (κ2) is 8.61. The molecule has 2 heterocycles. The van der Waals surface area contributed by atoms with Crippen molar-refractivity contribution in [3.8, 4) is 11.5 Å². The normalized spacial score (nSPS) is 10.1. The maximum absolute atomic E-state index is 12.5. The minimum absolute atomic E-state index is 0.0124. The average molecular weight is 408 g/mol. The van der Waals surface area contributed by atoms with Gasteiger partial charge in [0.05, 0.1) is 23.5 Å². The van der Waals surface area contributed by atoms with Gasteiger partial charge in [0, 0.05) is 0 Å². The van der Waals surface area contributed by atoms with Gasteiger partial charge in [0.25, 0.3) is 0 Å². The van der Waals surface area contributed by atoms with E-state index in [9.17, 15) is 19.2 Å². The van der Waals surface area contributed by atoms with Gasteiger partial charge in [-0.2, -0.15) is 0 Å². The van der Waals surface area contributed by atoms with Crippen molar-refractivity contribution >= 4 is 23.9 Å². The number of pyridine rings is 2. The van der Waals surface area contributed by atoms with Gasteiger partial charge in [-0.1, -0.05) is 12.1 Å². The summed E-state index contributed by atoms with van der Waals surface area (Å²) in [5, 5.41) is 17.7. The highest BCUT2D eigenvalue weighted by molar-refractivity contribution is 6.04. The standard InChI is InChI=1S/C20H12N2O8/c23-17(24)15-7-5-11(9-21-15)29-19(27)13-3-1-2-4-14(13)20(28)30-12-6-8-16(18(25)26)22-10-12/h1-10H,(H,23,24)(H,25,26). The predicted octanol–water partition coefficient (Wildman–Crippen LogP) is 2.31. The number of ether oxygens (including phenoxy) is 2. The van der Waals surface area contributed by atoms with Crippen LogP contribution >= 0.6 is 0 Å². The monoisotopic (exact) mass is 408 g/mol. The first-order valence-electron chi connectivity index (χ1n) is 8.27. The van der Waals surface area contributed by atoms with Crippen molar-refractivity contribution in [3.63, 3.8) is 0 Å². The molecule has 0 aliphatic carbocycles. The smallest absolute Gasteiger partial charge is 0.354 e. The summed E-state index contributed by atoms with van der Waals surface area (Å²) >= 11 is 0. The lowest BCUT2D eigenvalue weighted by Gasteiger charge is -2.09. The lowest BCUT2D eigenvalue weighted by atomic mass is 10.1. The van der Waals surface area contributed by atoms with Crippen LogP contribution in [0.25, 0.3) is 0 Å². The Kier molecular flexibility index (Phi) is 5.78. The van der Waals surface area contributed by atoms with Crippen molar-refractivity contribution in [3.05, 3.63) is 83.4 Å². The minimum Gasteiger partial charge on any atom is -0.477 e. The quantitative estimate of drug-likeness (QED) is 0.581. The van der Waals surface area contributed by atoms with E-state index in [-0.39, 0.29) is 34.0 Å². The van der Waals surface area contributed by atoms with Crippen LogP contribution in [0.4, 0.5) is 0 Å². The largest absolute Gasteiger partial charge is 0.477 e. The van der Waals surface area contributed by atoms with E-state index in [0.717, 1.165) is 12.4 Å². The van der Waals surface area contributed by atoms with Crippen LogP contribution in [-0.2, 0) is 0 Å². The molecule has 0 saturated carbocycles. The third-order valence-electron chi connectivity index (χ3n) is 3.70. The molecule has 0 bridgehead atoms. The van der Waals surface area contributed by atoms with Crippen LogP contribution in [0.5, 0.6) is 11.5 Å². The second-order valence-electron chi connectivity index (χ2n) is 5.69. The lowest BCUT2D eigenvalue weighted by molar-refractivity contribution is 0.0676. The van der Waals surface area contributed by atoms with Crippen LogP contribution in [-0.4, -0.2) is 44.1 Å². The highest BCUT2D eigenvalue weighted by Crippen LogP contribution is 2.18. The number of esters is 2. The molecule has 150 valence electrons. The van der Waals surface area contributed by atoms with Crippen molar-refractivity contribution in [2.24, 2.45) is 0 Å². The fourth-order valence-electron chi connectivity index (χ4n) is 2.30. The molecule has 10 nitrogen and oxygen atoms in total. The van der Waals surface area contributed by atoms with Crippen LogP contribution in [0.2, 0.25) is 0 Å². The van der Waals surface area contributed by atoms with Gasteiger partial charge in [-0.15, -0.1) is 0 Å². The van der Waals surface area contributed by atoms with Gasteiger partial charge in [-0.25, -0.2) is 29.1 Å².